The number of ether oxygens (including phenoxy) is 1. The van der Waals surface area contributed by atoms with E-state index in [2.05, 4.69) is 5.32 Å². The van der Waals surface area contributed by atoms with Crippen molar-refractivity contribution in [2.45, 2.75) is 12.5 Å². The largest absolute Gasteiger partial charge is 0.497 e. The van der Waals surface area contributed by atoms with Crippen molar-refractivity contribution >= 4 is 0 Å². The minimum Gasteiger partial charge on any atom is -0.497 e. The van der Waals surface area contributed by atoms with Crippen LogP contribution in [0.2, 0.25) is 0 Å². The van der Waals surface area contributed by atoms with E-state index in [1.165, 1.54) is 5.56 Å². The van der Waals surface area contributed by atoms with Gasteiger partial charge in [-0.15, -0.1) is 0 Å². The van der Waals surface area contributed by atoms with Crippen LogP contribution in [0.4, 0.5) is 0 Å². The van der Waals surface area contributed by atoms with Gasteiger partial charge in [0.15, 0.2) is 0 Å². The topological polar surface area (TPSA) is 41.5 Å². The van der Waals surface area contributed by atoms with E-state index in [1.54, 1.807) is 7.11 Å². The van der Waals surface area contributed by atoms with Crippen molar-refractivity contribution in [3.63, 3.8) is 0 Å². The van der Waals surface area contributed by atoms with Crippen molar-refractivity contribution in [1.82, 2.24) is 5.32 Å². The molecule has 1 aromatic carbocycles. The minimum absolute atomic E-state index is 0.289. The number of benzene rings is 1. The Morgan fingerprint density at radius 2 is 2.33 bits per heavy atom. The average molecular weight is 207 g/mol. The predicted molar refractivity (Wildman–Crippen MR) is 59.1 cm³/mol. The second kappa shape index (κ2) is 4.21. The summed E-state index contributed by atoms with van der Waals surface area (Å²) in [6.45, 7) is 0.845. The molecule has 0 fully saturated rings. The van der Waals surface area contributed by atoms with Crippen molar-refractivity contribution in [2.75, 3.05) is 20.7 Å². The number of fused-ring (bicyclic) bond motifs is 1. The Morgan fingerprint density at radius 1 is 1.53 bits per heavy atom. The summed E-state index contributed by atoms with van der Waals surface area (Å²) >= 11 is 0. The zero-order chi connectivity index (χ0) is 10.8. The van der Waals surface area contributed by atoms with Crippen molar-refractivity contribution < 1.29 is 9.84 Å². The van der Waals surface area contributed by atoms with Crippen LogP contribution < -0.4 is 10.1 Å². The Kier molecular flexibility index (Phi) is 2.93. The second-order valence-electron chi connectivity index (χ2n) is 4.03. The fraction of sp³-hybridized carbons (Fsp3) is 0.500. The predicted octanol–water partition coefficient (Wildman–Crippen LogP) is 1.12. The normalized spacial score (nSPS) is 23.9. The lowest BCUT2D eigenvalue weighted by molar-refractivity contribution is 0.123. The molecule has 2 rings (SSSR count). The van der Waals surface area contributed by atoms with Gasteiger partial charge in [-0.25, -0.2) is 0 Å². The maximum Gasteiger partial charge on any atom is 0.119 e. The van der Waals surface area contributed by atoms with Crippen LogP contribution in [0, 0.1) is 5.92 Å². The van der Waals surface area contributed by atoms with E-state index in [0.717, 1.165) is 24.3 Å². The Hall–Kier alpha value is -1.06. The molecular weight excluding hydrogens is 190 g/mol. The molecule has 0 heterocycles. The van der Waals surface area contributed by atoms with Gasteiger partial charge in [0.05, 0.1) is 13.2 Å². The Balaban J connectivity index is 2.25. The number of nitrogens with one attached hydrogen (secondary N) is 1. The van der Waals surface area contributed by atoms with Gasteiger partial charge in [0.1, 0.15) is 5.75 Å². The first-order chi connectivity index (χ1) is 7.26. The smallest absolute Gasteiger partial charge is 0.119 e. The van der Waals surface area contributed by atoms with E-state index in [9.17, 15) is 5.11 Å². The van der Waals surface area contributed by atoms with Crippen LogP contribution in [0.25, 0.3) is 0 Å². The summed E-state index contributed by atoms with van der Waals surface area (Å²) in [6, 6.07) is 5.94. The lowest BCUT2D eigenvalue weighted by Gasteiger charge is -2.14. The van der Waals surface area contributed by atoms with Gasteiger partial charge in [-0.3, -0.25) is 0 Å². The molecule has 2 N–H and O–H groups in total. The number of aliphatic hydroxyl groups excluding tert-OH is 1. The maximum absolute atomic E-state index is 10.1. The minimum atomic E-state index is -0.359. The van der Waals surface area contributed by atoms with Crippen LogP contribution in [0.5, 0.6) is 5.75 Å². The van der Waals surface area contributed by atoms with Gasteiger partial charge in [-0.05, 0) is 36.7 Å². The molecule has 2 unspecified atom stereocenters. The van der Waals surface area contributed by atoms with Crippen LogP contribution in [-0.4, -0.2) is 25.8 Å². The Morgan fingerprint density at radius 3 is 3.00 bits per heavy atom. The summed E-state index contributed by atoms with van der Waals surface area (Å²) in [7, 11) is 3.56. The molecule has 82 valence electrons. The van der Waals surface area contributed by atoms with E-state index in [4.69, 9.17) is 4.74 Å². The third-order valence-corrected chi connectivity index (χ3v) is 3.07. The van der Waals surface area contributed by atoms with Crippen LogP contribution in [0.15, 0.2) is 18.2 Å². The van der Waals surface area contributed by atoms with Crippen LogP contribution in [-0.2, 0) is 6.42 Å². The van der Waals surface area contributed by atoms with E-state index in [1.807, 2.05) is 25.2 Å². The highest BCUT2D eigenvalue weighted by Gasteiger charge is 2.30. The molecule has 0 aromatic heterocycles. The first kappa shape index (κ1) is 10.5. The van der Waals surface area contributed by atoms with Crippen LogP contribution in [0.1, 0.15) is 17.2 Å². The van der Waals surface area contributed by atoms with Gasteiger partial charge < -0.3 is 15.2 Å². The summed E-state index contributed by atoms with van der Waals surface area (Å²) in [5.74, 6) is 1.11. The molecule has 1 aliphatic carbocycles. The molecule has 0 spiro atoms. The lowest BCUT2D eigenvalue weighted by atomic mass is 10.0. The monoisotopic (exact) mass is 207 g/mol. The fourth-order valence-electron chi connectivity index (χ4n) is 2.26. The molecular formula is C12H17NO2. The van der Waals surface area contributed by atoms with Crippen molar-refractivity contribution in [2.24, 2.45) is 5.92 Å². The summed E-state index contributed by atoms with van der Waals surface area (Å²) in [4.78, 5) is 0. The highest BCUT2D eigenvalue weighted by Crippen LogP contribution is 2.37. The molecule has 15 heavy (non-hydrogen) atoms. The molecule has 3 heteroatoms. The molecule has 0 saturated heterocycles. The fourth-order valence-corrected chi connectivity index (χ4v) is 2.26. The third kappa shape index (κ3) is 1.85. The highest BCUT2D eigenvalue weighted by atomic mass is 16.5. The van der Waals surface area contributed by atoms with Gasteiger partial charge in [0.2, 0.25) is 0 Å². The van der Waals surface area contributed by atoms with Crippen LogP contribution >= 0.6 is 0 Å². The zero-order valence-electron chi connectivity index (χ0n) is 9.16. The third-order valence-electron chi connectivity index (χ3n) is 3.07. The number of aliphatic hydroxyl groups is 1. The SMILES string of the molecule is CNCC1Cc2ccc(OC)cc2C1O. The highest BCUT2D eigenvalue weighted by molar-refractivity contribution is 5.40. The Bertz CT molecular complexity index is 351. The molecule has 0 saturated carbocycles. The number of hydrogen-bond donors (Lipinski definition) is 2. The molecule has 0 bridgehead atoms. The van der Waals surface area contributed by atoms with Crippen LogP contribution in [0.3, 0.4) is 0 Å². The van der Waals surface area contributed by atoms with Crippen molar-refractivity contribution in [3.05, 3.63) is 29.3 Å². The maximum atomic E-state index is 10.1. The number of hydrogen-bond acceptors (Lipinski definition) is 3. The molecule has 2 atom stereocenters. The standard InChI is InChI=1S/C12H17NO2/c1-13-7-9-5-8-3-4-10(15-2)6-11(8)12(9)14/h3-4,6,9,12-14H,5,7H2,1-2H3. The number of rotatable bonds is 3. The van der Waals surface area contributed by atoms with Crippen molar-refractivity contribution in [3.8, 4) is 5.75 Å². The molecule has 0 aliphatic heterocycles. The summed E-state index contributed by atoms with van der Waals surface area (Å²) in [5, 5.41) is 13.2. The van der Waals surface area contributed by atoms with Crippen molar-refractivity contribution in [1.29, 1.82) is 0 Å². The number of methoxy groups -OCH3 is 1. The van der Waals surface area contributed by atoms with E-state index in [0.29, 0.717) is 0 Å². The van der Waals surface area contributed by atoms with E-state index >= 15 is 0 Å². The lowest BCUT2D eigenvalue weighted by Crippen LogP contribution is -2.22. The summed E-state index contributed by atoms with van der Waals surface area (Å²) in [6.07, 6.45) is 0.587. The first-order valence-corrected chi connectivity index (χ1v) is 5.25. The zero-order valence-corrected chi connectivity index (χ0v) is 9.16. The molecule has 3 nitrogen and oxygen atoms in total. The van der Waals surface area contributed by atoms with Gasteiger partial charge in [-0.2, -0.15) is 0 Å². The first-order valence-electron chi connectivity index (χ1n) is 5.25. The molecule has 1 aromatic rings. The van der Waals surface area contributed by atoms with Gasteiger partial charge >= 0.3 is 0 Å². The van der Waals surface area contributed by atoms with Gasteiger partial charge in [-0.1, -0.05) is 6.07 Å². The second-order valence-corrected chi connectivity index (χ2v) is 4.03. The summed E-state index contributed by atoms with van der Waals surface area (Å²) < 4.78 is 5.16. The van der Waals surface area contributed by atoms with E-state index in [-0.39, 0.29) is 12.0 Å². The summed E-state index contributed by atoms with van der Waals surface area (Å²) in [5.41, 5.74) is 2.26. The quantitative estimate of drug-likeness (QED) is 0.780. The van der Waals surface area contributed by atoms with Gasteiger partial charge in [0, 0.05) is 12.5 Å². The molecule has 1 aliphatic rings. The molecule has 0 amide bonds. The Labute approximate surface area is 90.1 Å². The average Bonchev–Trinajstić information content (AvgIpc) is 2.56. The molecule has 0 radical (unpaired) electrons. The van der Waals surface area contributed by atoms with Gasteiger partial charge in [0.25, 0.3) is 0 Å². The van der Waals surface area contributed by atoms with E-state index < -0.39 is 0 Å².